The Kier molecular flexibility index (Phi) is 5.64. The molecule has 2 N–H and O–H groups in total. The third-order valence-electron chi connectivity index (χ3n) is 5.92. The van der Waals surface area contributed by atoms with Gasteiger partial charge in [0.2, 0.25) is 0 Å². The van der Waals surface area contributed by atoms with Gasteiger partial charge in [-0.05, 0) is 42.7 Å². The minimum Gasteiger partial charge on any atom is -0.491 e. The van der Waals surface area contributed by atoms with Gasteiger partial charge in [0, 0.05) is 24.7 Å². The summed E-state index contributed by atoms with van der Waals surface area (Å²) in [7, 11) is 1.22. The Morgan fingerprint density at radius 3 is 2.57 bits per heavy atom. The molecule has 0 radical (unpaired) electrons. The van der Waals surface area contributed by atoms with E-state index in [1.165, 1.54) is 19.2 Å². The van der Waals surface area contributed by atoms with Crippen LogP contribution in [0.25, 0.3) is 0 Å². The van der Waals surface area contributed by atoms with Crippen LogP contribution in [0.15, 0.2) is 42.5 Å². The van der Waals surface area contributed by atoms with E-state index in [-0.39, 0.29) is 24.2 Å². The lowest BCUT2D eigenvalue weighted by atomic mass is 9.83. The normalized spacial score (nSPS) is 23.2. The molecule has 2 aromatic rings. The molecule has 0 unspecified atom stereocenters. The number of rotatable bonds is 3. The second kappa shape index (κ2) is 8.22. The minimum absolute atomic E-state index is 0.261. The van der Waals surface area contributed by atoms with Gasteiger partial charge >= 0.3 is 6.16 Å². The van der Waals surface area contributed by atoms with Crippen LogP contribution in [0.2, 0.25) is 0 Å². The summed E-state index contributed by atoms with van der Waals surface area (Å²) in [5.74, 6) is 0.398. The van der Waals surface area contributed by atoms with Crippen LogP contribution in [-0.2, 0) is 10.3 Å². The lowest BCUT2D eigenvalue weighted by molar-refractivity contribution is -0.0665. The third kappa shape index (κ3) is 3.98. The molecule has 0 bridgehead atoms. The van der Waals surface area contributed by atoms with E-state index in [2.05, 4.69) is 9.64 Å². The summed E-state index contributed by atoms with van der Waals surface area (Å²) in [6.07, 6.45) is -0.662. The largest absolute Gasteiger partial charge is 0.513 e. The van der Waals surface area contributed by atoms with Gasteiger partial charge in [0.05, 0.1) is 18.8 Å². The van der Waals surface area contributed by atoms with Gasteiger partial charge in [-0.25, -0.2) is 9.18 Å². The second-order valence-electron chi connectivity index (χ2n) is 7.65. The Hall–Kier alpha value is -2.68. The number of carbonyl (C=O) groups is 1. The van der Waals surface area contributed by atoms with E-state index in [9.17, 15) is 19.4 Å². The molecule has 7 nitrogen and oxygen atoms in total. The number of piperidine rings is 1. The van der Waals surface area contributed by atoms with E-state index < -0.39 is 17.9 Å². The molecule has 1 fully saturated rings. The third-order valence-corrected chi connectivity index (χ3v) is 5.92. The summed E-state index contributed by atoms with van der Waals surface area (Å²) in [6.45, 7) is 1.40. The molecule has 0 amide bonds. The highest BCUT2D eigenvalue weighted by Crippen LogP contribution is 2.39. The Morgan fingerprint density at radius 1 is 1.20 bits per heavy atom. The Balaban J connectivity index is 1.43. The predicted molar refractivity (Wildman–Crippen MR) is 105 cm³/mol. The van der Waals surface area contributed by atoms with Gasteiger partial charge in [-0.1, -0.05) is 12.1 Å². The van der Waals surface area contributed by atoms with Crippen LogP contribution < -0.4 is 9.47 Å². The number of halogens is 1. The lowest BCUT2D eigenvalue weighted by Crippen LogP contribution is -2.52. The van der Waals surface area contributed by atoms with Gasteiger partial charge < -0.3 is 24.4 Å². The number of aliphatic hydroxyl groups excluding tert-OH is 1. The molecule has 2 aliphatic rings. The zero-order valence-electron chi connectivity index (χ0n) is 16.6. The van der Waals surface area contributed by atoms with Crippen molar-refractivity contribution in [1.29, 1.82) is 0 Å². The molecule has 2 aromatic carbocycles. The van der Waals surface area contributed by atoms with Crippen molar-refractivity contribution in [3.63, 3.8) is 0 Å². The fourth-order valence-electron chi connectivity index (χ4n) is 4.14. The number of hydrogen-bond donors (Lipinski definition) is 2. The van der Waals surface area contributed by atoms with Crippen LogP contribution in [0.5, 0.6) is 11.5 Å². The molecule has 4 rings (SSSR count). The molecule has 30 heavy (non-hydrogen) atoms. The molecule has 8 heteroatoms. The van der Waals surface area contributed by atoms with E-state index in [1.54, 1.807) is 30.3 Å². The zero-order chi connectivity index (χ0) is 21.3. The number of hydrogen-bond acceptors (Lipinski definition) is 7. The van der Waals surface area contributed by atoms with Gasteiger partial charge in [0.1, 0.15) is 30.0 Å². The number of benzene rings is 2. The van der Waals surface area contributed by atoms with E-state index in [0.717, 1.165) is 0 Å². The van der Waals surface area contributed by atoms with Gasteiger partial charge in [0.15, 0.2) is 0 Å². The van der Waals surface area contributed by atoms with Crippen molar-refractivity contribution in [3.05, 3.63) is 59.4 Å². The van der Waals surface area contributed by atoms with Crippen LogP contribution in [0.4, 0.5) is 9.18 Å². The summed E-state index contributed by atoms with van der Waals surface area (Å²) in [4.78, 5) is 13.4. The van der Waals surface area contributed by atoms with Crippen LogP contribution in [-0.4, -0.2) is 54.1 Å². The monoisotopic (exact) mass is 417 g/mol. The molecule has 2 atom stereocenters. The highest BCUT2D eigenvalue weighted by molar-refractivity contribution is 5.64. The fraction of sp³-hybridized carbons (Fsp3) is 0.409. The van der Waals surface area contributed by atoms with Crippen LogP contribution in [0, 0.1) is 5.82 Å². The summed E-state index contributed by atoms with van der Waals surface area (Å²) < 4.78 is 28.5. The van der Waals surface area contributed by atoms with Crippen molar-refractivity contribution in [1.82, 2.24) is 4.90 Å². The number of methoxy groups -OCH3 is 1. The first kappa shape index (κ1) is 20.6. The van der Waals surface area contributed by atoms with E-state index in [0.29, 0.717) is 42.8 Å². The first-order valence-corrected chi connectivity index (χ1v) is 9.83. The molecular formula is C22H24FNO6. The van der Waals surface area contributed by atoms with Crippen molar-refractivity contribution in [3.8, 4) is 11.5 Å². The zero-order valence-corrected chi connectivity index (χ0v) is 16.6. The summed E-state index contributed by atoms with van der Waals surface area (Å²) in [6, 6.07) is 10.5. The molecule has 0 spiro atoms. The topological polar surface area (TPSA) is 88.5 Å². The quantitative estimate of drug-likeness (QED) is 0.586. The van der Waals surface area contributed by atoms with Crippen molar-refractivity contribution >= 4 is 6.16 Å². The van der Waals surface area contributed by atoms with Crippen LogP contribution in [0.3, 0.4) is 0 Å². The van der Waals surface area contributed by atoms with Gasteiger partial charge in [-0.2, -0.15) is 0 Å². The van der Waals surface area contributed by atoms with Gasteiger partial charge in [-0.15, -0.1) is 0 Å². The lowest BCUT2D eigenvalue weighted by Gasteiger charge is -2.44. The summed E-state index contributed by atoms with van der Waals surface area (Å²) in [5, 5.41) is 21.9. The molecule has 160 valence electrons. The average molecular weight is 417 g/mol. The van der Waals surface area contributed by atoms with Crippen molar-refractivity contribution in [2.75, 3.05) is 26.8 Å². The molecule has 0 aromatic heterocycles. The Bertz CT molecular complexity index is 910. The van der Waals surface area contributed by atoms with Crippen LogP contribution in [0.1, 0.15) is 30.1 Å². The number of nitrogens with zero attached hydrogens (tertiary/aromatic N) is 1. The standard InChI is InChI=1S/C22H24FNO6/c1-28-21(26)30-16-6-7-17-19(12-16)29-13-18(20(17)25)24-10-8-22(27,9-11-24)14-2-4-15(23)5-3-14/h2-7,12,18,20,25,27H,8-11,13H2,1H3/t18-,20+/m1/s1. The van der Waals surface area contributed by atoms with Crippen molar-refractivity contribution in [2.45, 2.75) is 30.6 Å². The first-order valence-electron chi connectivity index (χ1n) is 9.83. The number of likely N-dealkylation sites (tertiary alicyclic amines) is 1. The first-order chi connectivity index (χ1) is 14.4. The summed E-state index contributed by atoms with van der Waals surface area (Å²) in [5.41, 5.74) is 0.304. The minimum atomic E-state index is -1.01. The SMILES string of the molecule is COC(=O)Oc1ccc2c(c1)OC[C@@H](N1CCC(O)(c3ccc(F)cc3)CC1)[C@H]2O. The fourth-order valence-corrected chi connectivity index (χ4v) is 4.14. The predicted octanol–water partition coefficient (Wildman–Crippen LogP) is 2.75. The van der Waals surface area contributed by atoms with E-state index >= 15 is 0 Å². The van der Waals surface area contributed by atoms with Gasteiger partial charge in [-0.3, -0.25) is 4.90 Å². The maximum atomic E-state index is 13.2. The highest BCUT2D eigenvalue weighted by Gasteiger charge is 2.40. The molecule has 0 saturated carbocycles. The highest BCUT2D eigenvalue weighted by atomic mass is 19.1. The van der Waals surface area contributed by atoms with Gasteiger partial charge in [0.25, 0.3) is 0 Å². The maximum Gasteiger partial charge on any atom is 0.513 e. The molecule has 2 aliphatic heterocycles. The smallest absolute Gasteiger partial charge is 0.491 e. The van der Waals surface area contributed by atoms with Crippen molar-refractivity contribution < 1.29 is 33.6 Å². The maximum absolute atomic E-state index is 13.2. The number of ether oxygens (including phenoxy) is 3. The van der Waals surface area contributed by atoms with Crippen LogP contribution >= 0.6 is 0 Å². The molecule has 2 heterocycles. The molecule has 1 saturated heterocycles. The van der Waals surface area contributed by atoms with Crippen molar-refractivity contribution in [2.24, 2.45) is 0 Å². The Labute approximate surface area is 173 Å². The number of carbonyl (C=O) groups excluding carboxylic acids is 1. The number of fused-ring (bicyclic) bond motifs is 1. The van der Waals surface area contributed by atoms with E-state index in [1.807, 2.05) is 0 Å². The average Bonchev–Trinajstić information content (AvgIpc) is 2.75. The molecular weight excluding hydrogens is 393 g/mol. The Morgan fingerprint density at radius 2 is 1.90 bits per heavy atom. The molecule has 0 aliphatic carbocycles. The number of aliphatic hydroxyl groups is 2. The summed E-state index contributed by atoms with van der Waals surface area (Å²) >= 11 is 0. The second-order valence-corrected chi connectivity index (χ2v) is 7.65. The van der Waals surface area contributed by atoms with E-state index in [4.69, 9.17) is 9.47 Å².